The van der Waals surface area contributed by atoms with Crippen LogP contribution in [0.3, 0.4) is 0 Å². The second-order valence-corrected chi connectivity index (χ2v) is 5.14. The molecule has 0 radical (unpaired) electrons. The molecule has 0 atom stereocenters. The molecule has 0 unspecified atom stereocenters. The first-order valence-corrected chi connectivity index (χ1v) is 6.68. The summed E-state index contributed by atoms with van der Waals surface area (Å²) in [4.78, 5) is 23.8. The van der Waals surface area contributed by atoms with Gasteiger partial charge in [0.05, 0.1) is 17.4 Å². The Morgan fingerprint density at radius 1 is 1.10 bits per heavy atom. The fourth-order valence-electron chi connectivity index (χ4n) is 1.96. The molecule has 0 saturated heterocycles. The number of halogens is 2. The highest BCUT2D eigenvalue weighted by Crippen LogP contribution is 2.33. The van der Waals surface area contributed by atoms with Crippen LogP contribution in [-0.2, 0) is 0 Å². The third-order valence-electron chi connectivity index (χ3n) is 2.93. The normalized spacial score (nSPS) is 10.8. The number of nitrogens with two attached hydrogens (primary N) is 1. The maximum Gasteiger partial charge on any atom is 0.268 e. The number of hydrogen-bond acceptors (Lipinski definition) is 4. The van der Waals surface area contributed by atoms with Crippen molar-refractivity contribution in [2.75, 3.05) is 0 Å². The van der Waals surface area contributed by atoms with Crippen molar-refractivity contribution < 1.29 is 4.79 Å². The summed E-state index contributed by atoms with van der Waals surface area (Å²) in [6.45, 7) is 0. The average Bonchev–Trinajstić information content (AvgIpc) is 2.46. The summed E-state index contributed by atoms with van der Waals surface area (Å²) in [7, 11) is 0. The fraction of sp³-hybridized carbons (Fsp3) is 0. The first kappa shape index (κ1) is 13.7. The lowest BCUT2D eigenvalue weighted by Crippen LogP contribution is -2.13. The van der Waals surface area contributed by atoms with Gasteiger partial charge < -0.3 is 5.73 Å². The standard InChI is InChI=1S/C14H8Cl2N4O/c15-7-1-2-8(10(16)3-7)9-4-18-5-11-13(9)20-12(6-19-11)14(17)21/h1-6H,(H2,17,21). The van der Waals surface area contributed by atoms with Crippen molar-refractivity contribution in [1.29, 1.82) is 0 Å². The molecule has 2 heterocycles. The van der Waals surface area contributed by atoms with Crippen molar-refractivity contribution in [1.82, 2.24) is 15.0 Å². The number of hydrogen-bond donors (Lipinski definition) is 1. The molecule has 104 valence electrons. The SMILES string of the molecule is NC(=O)c1cnc2cncc(-c3ccc(Cl)cc3Cl)c2n1. The third-order valence-corrected chi connectivity index (χ3v) is 3.48. The molecule has 0 spiro atoms. The van der Waals surface area contributed by atoms with Gasteiger partial charge in [-0.25, -0.2) is 4.98 Å². The van der Waals surface area contributed by atoms with Crippen LogP contribution in [0.5, 0.6) is 0 Å². The Morgan fingerprint density at radius 3 is 2.62 bits per heavy atom. The van der Waals surface area contributed by atoms with Gasteiger partial charge in [0.15, 0.2) is 0 Å². The highest BCUT2D eigenvalue weighted by Gasteiger charge is 2.13. The van der Waals surface area contributed by atoms with Crippen LogP contribution in [0, 0.1) is 0 Å². The molecule has 2 N–H and O–H groups in total. The summed E-state index contributed by atoms with van der Waals surface area (Å²) in [6, 6.07) is 5.11. The minimum absolute atomic E-state index is 0.0834. The van der Waals surface area contributed by atoms with Crippen LogP contribution >= 0.6 is 23.2 Å². The van der Waals surface area contributed by atoms with Gasteiger partial charge in [-0.05, 0) is 12.1 Å². The second-order valence-electron chi connectivity index (χ2n) is 4.30. The number of fused-ring (bicyclic) bond motifs is 1. The second kappa shape index (κ2) is 5.27. The van der Waals surface area contributed by atoms with Crippen LogP contribution in [0.25, 0.3) is 22.2 Å². The van der Waals surface area contributed by atoms with Crippen molar-refractivity contribution in [3.05, 3.63) is 52.5 Å². The first-order valence-electron chi connectivity index (χ1n) is 5.92. The van der Waals surface area contributed by atoms with Gasteiger partial charge in [0.2, 0.25) is 0 Å². The zero-order valence-corrected chi connectivity index (χ0v) is 12.1. The van der Waals surface area contributed by atoms with Crippen LogP contribution in [-0.4, -0.2) is 20.9 Å². The fourth-order valence-corrected chi connectivity index (χ4v) is 2.47. The molecule has 0 aliphatic heterocycles. The quantitative estimate of drug-likeness (QED) is 0.787. The molecule has 3 rings (SSSR count). The number of aromatic nitrogens is 3. The molecule has 21 heavy (non-hydrogen) atoms. The topological polar surface area (TPSA) is 81.8 Å². The van der Waals surface area contributed by atoms with Crippen molar-refractivity contribution in [2.24, 2.45) is 5.73 Å². The first-order chi connectivity index (χ1) is 10.1. The molecular formula is C14H8Cl2N4O. The predicted molar refractivity (Wildman–Crippen MR) is 81.3 cm³/mol. The number of pyridine rings is 1. The Kier molecular flexibility index (Phi) is 3.45. The predicted octanol–water partition coefficient (Wildman–Crippen LogP) is 3.10. The van der Waals surface area contributed by atoms with Crippen LogP contribution in [0.2, 0.25) is 10.0 Å². The van der Waals surface area contributed by atoms with E-state index in [0.717, 1.165) is 0 Å². The van der Waals surface area contributed by atoms with Gasteiger partial charge in [0, 0.05) is 22.3 Å². The Labute approximate surface area is 129 Å². The molecule has 7 heteroatoms. The lowest BCUT2D eigenvalue weighted by molar-refractivity contribution is 0.0995. The molecule has 1 aromatic carbocycles. The zero-order chi connectivity index (χ0) is 15.0. The van der Waals surface area contributed by atoms with Gasteiger partial charge in [-0.3, -0.25) is 14.8 Å². The number of carbonyl (C=O) groups excluding carboxylic acids is 1. The van der Waals surface area contributed by atoms with Gasteiger partial charge in [0.1, 0.15) is 16.7 Å². The van der Waals surface area contributed by atoms with E-state index >= 15 is 0 Å². The third kappa shape index (κ3) is 2.53. The lowest BCUT2D eigenvalue weighted by Gasteiger charge is -2.08. The molecule has 0 bridgehead atoms. The van der Waals surface area contributed by atoms with E-state index in [1.54, 1.807) is 30.6 Å². The van der Waals surface area contributed by atoms with E-state index in [-0.39, 0.29) is 5.69 Å². The number of primary amides is 1. The Bertz CT molecular complexity index is 867. The number of benzene rings is 1. The van der Waals surface area contributed by atoms with E-state index in [1.165, 1.54) is 6.20 Å². The number of carbonyl (C=O) groups is 1. The van der Waals surface area contributed by atoms with E-state index in [0.29, 0.717) is 32.2 Å². The van der Waals surface area contributed by atoms with Gasteiger partial charge in [-0.2, -0.15) is 0 Å². The van der Waals surface area contributed by atoms with Crippen molar-refractivity contribution in [3.8, 4) is 11.1 Å². The summed E-state index contributed by atoms with van der Waals surface area (Å²) < 4.78 is 0. The minimum atomic E-state index is -0.644. The molecule has 0 saturated carbocycles. The van der Waals surface area contributed by atoms with Crippen LogP contribution in [0.4, 0.5) is 0 Å². The summed E-state index contributed by atoms with van der Waals surface area (Å²) in [5.74, 6) is -0.644. The average molecular weight is 319 g/mol. The molecule has 0 aliphatic rings. The maximum absolute atomic E-state index is 11.3. The van der Waals surface area contributed by atoms with Crippen LogP contribution < -0.4 is 5.73 Å². The number of nitrogens with zero attached hydrogens (tertiary/aromatic N) is 3. The smallest absolute Gasteiger partial charge is 0.268 e. The Morgan fingerprint density at radius 2 is 1.90 bits per heavy atom. The molecule has 3 aromatic rings. The summed E-state index contributed by atoms with van der Waals surface area (Å²) in [5.41, 5.74) is 7.74. The molecule has 2 aromatic heterocycles. The monoisotopic (exact) mass is 318 g/mol. The number of amides is 1. The summed E-state index contributed by atoms with van der Waals surface area (Å²) >= 11 is 12.1. The van der Waals surface area contributed by atoms with E-state index in [9.17, 15) is 4.79 Å². The van der Waals surface area contributed by atoms with Crippen molar-refractivity contribution in [2.45, 2.75) is 0 Å². The van der Waals surface area contributed by atoms with E-state index in [1.807, 2.05) is 0 Å². The van der Waals surface area contributed by atoms with Crippen molar-refractivity contribution >= 4 is 40.1 Å². The Balaban J connectivity index is 2.31. The molecule has 1 amide bonds. The molecule has 5 nitrogen and oxygen atoms in total. The minimum Gasteiger partial charge on any atom is -0.364 e. The lowest BCUT2D eigenvalue weighted by atomic mass is 10.1. The molecular weight excluding hydrogens is 311 g/mol. The van der Waals surface area contributed by atoms with Gasteiger partial charge in [-0.15, -0.1) is 0 Å². The zero-order valence-electron chi connectivity index (χ0n) is 10.5. The van der Waals surface area contributed by atoms with Crippen LogP contribution in [0.1, 0.15) is 10.5 Å². The highest BCUT2D eigenvalue weighted by molar-refractivity contribution is 6.36. The van der Waals surface area contributed by atoms with E-state index < -0.39 is 5.91 Å². The molecule has 0 fully saturated rings. The van der Waals surface area contributed by atoms with E-state index in [2.05, 4.69) is 15.0 Å². The van der Waals surface area contributed by atoms with Gasteiger partial charge >= 0.3 is 0 Å². The maximum atomic E-state index is 11.3. The molecule has 0 aliphatic carbocycles. The highest BCUT2D eigenvalue weighted by atomic mass is 35.5. The van der Waals surface area contributed by atoms with Crippen LogP contribution in [0.15, 0.2) is 36.8 Å². The summed E-state index contributed by atoms with van der Waals surface area (Å²) in [5, 5.41) is 0.990. The largest absolute Gasteiger partial charge is 0.364 e. The number of rotatable bonds is 2. The van der Waals surface area contributed by atoms with E-state index in [4.69, 9.17) is 28.9 Å². The Hall–Kier alpha value is -2.24. The van der Waals surface area contributed by atoms with Gasteiger partial charge in [0.25, 0.3) is 5.91 Å². The van der Waals surface area contributed by atoms with Crippen molar-refractivity contribution in [3.63, 3.8) is 0 Å². The van der Waals surface area contributed by atoms with Gasteiger partial charge in [-0.1, -0.05) is 29.3 Å². The summed E-state index contributed by atoms with van der Waals surface area (Å²) in [6.07, 6.45) is 4.48.